The lowest BCUT2D eigenvalue weighted by molar-refractivity contribution is -0.118. The van der Waals surface area contributed by atoms with Gasteiger partial charge in [-0.3, -0.25) is 4.79 Å². The molecule has 1 amide bonds. The van der Waals surface area contributed by atoms with Crippen molar-refractivity contribution in [2.75, 3.05) is 18.2 Å². The predicted octanol–water partition coefficient (Wildman–Crippen LogP) is 4.15. The Kier molecular flexibility index (Phi) is 3.73. The van der Waals surface area contributed by atoms with Crippen LogP contribution in [0.3, 0.4) is 0 Å². The van der Waals surface area contributed by atoms with Gasteiger partial charge in [-0.05, 0) is 35.6 Å². The van der Waals surface area contributed by atoms with Crippen LogP contribution >= 0.6 is 11.3 Å². The van der Waals surface area contributed by atoms with E-state index in [0.29, 0.717) is 0 Å². The molecule has 2 aliphatic heterocycles. The molecular formula is C18H19NO3S. The number of amides is 1. The van der Waals surface area contributed by atoms with Gasteiger partial charge in [0.25, 0.3) is 0 Å². The Bertz CT molecular complexity index is 740. The molecule has 23 heavy (non-hydrogen) atoms. The highest BCUT2D eigenvalue weighted by molar-refractivity contribution is 7.11. The summed E-state index contributed by atoms with van der Waals surface area (Å²) in [5.74, 6) is 1.46. The number of rotatable bonds is 5. The van der Waals surface area contributed by atoms with Gasteiger partial charge in [0.2, 0.25) is 12.7 Å². The first-order valence-electron chi connectivity index (χ1n) is 8.08. The lowest BCUT2D eigenvalue weighted by atomic mass is 9.98. The zero-order chi connectivity index (χ0) is 15.8. The minimum atomic E-state index is -0.207. The van der Waals surface area contributed by atoms with Crippen LogP contribution in [-0.2, 0) is 4.79 Å². The molecular weight excluding hydrogens is 310 g/mol. The SMILES string of the molecule is CCCCCN1C(=O)C(c2ccc3c(c2)OCO3)c2sccc21. The van der Waals surface area contributed by atoms with Crippen molar-refractivity contribution in [2.24, 2.45) is 0 Å². The van der Waals surface area contributed by atoms with E-state index in [1.165, 1.54) is 0 Å². The van der Waals surface area contributed by atoms with Crippen LogP contribution in [0.5, 0.6) is 11.5 Å². The standard InChI is InChI=1S/C18H19NO3S/c1-2-3-4-8-19-13-7-9-23-17(13)16(18(19)20)12-5-6-14-15(10-12)22-11-21-14/h5-7,9-10,16H,2-4,8,11H2,1H3. The maximum Gasteiger partial charge on any atom is 0.239 e. The fourth-order valence-corrected chi connectivity index (χ4v) is 4.29. The van der Waals surface area contributed by atoms with E-state index in [-0.39, 0.29) is 18.6 Å². The third kappa shape index (κ3) is 2.39. The minimum absolute atomic E-state index is 0.182. The van der Waals surface area contributed by atoms with E-state index in [2.05, 4.69) is 18.4 Å². The predicted molar refractivity (Wildman–Crippen MR) is 90.6 cm³/mol. The van der Waals surface area contributed by atoms with Gasteiger partial charge in [-0.15, -0.1) is 11.3 Å². The van der Waals surface area contributed by atoms with Gasteiger partial charge in [0.1, 0.15) is 5.92 Å². The molecule has 0 aliphatic carbocycles. The molecule has 2 aliphatic rings. The summed E-state index contributed by atoms with van der Waals surface area (Å²) in [4.78, 5) is 16.1. The number of hydrogen-bond donors (Lipinski definition) is 0. The second kappa shape index (κ2) is 5.89. The van der Waals surface area contributed by atoms with Crippen molar-refractivity contribution < 1.29 is 14.3 Å². The molecule has 5 heteroatoms. The van der Waals surface area contributed by atoms with Gasteiger partial charge < -0.3 is 14.4 Å². The van der Waals surface area contributed by atoms with Gasteiger partial charge in [-0.1, -0.05) is 25.8 Å². The van der Waals surface area contributed by atoms with Crippen LogP contribution in [0.1, 0.15) is 42.5 Å². The van der Waals surface area contributed by atoms with Crippen molar-refractivity contribution in [3.8, 4) is 11.5 Å². The summed E-state index contributed by atoms with van der Waals surface area (Å²) < 4.78 is 10.8. The summed E-state index contributed by atoms with van der Waals surface area (Å²) in [7, 11) is 0. The number of fused-ring (bicyclic) bond motifs is 2. The second-order valence-corrected chi connectivity index (χ2v) is 6.86. The Morgan fingerprint density at radius 2 is 2.09 bits per heavy atom. The van der Waals surface area contributed by atoms with Crippen molar-refractivity contribution in [3.05, 3.63) is 40.1 Å². The van der Waals surface area contributed by atoms with Crippen molar-refractivity contribution >= 4 is 22.9 Å². The first-order chi connectivity index (χ1) is 11.3. The second-order valence-electron chi connectivity index (χ2n) is 5.91. The van der Waals surface area contributed by atoms with E-state index in [1.807, 2.05) is 23.1 Å². The number of ether oxygens (including phenoxy) is 2. The van der Waals surface area contributed by atoms with Crippen LogP contribution in [0.2, 0.25) is 0 Å². The smallest absolute Gasteiger partial charge is 0.239 e. The molecule has 1 unspecified atom stereocenters. The number of anilines is 1. The van der Waals surface area contributed by atoms with Gasteiger partial charge in [0.15, 0.2) is 11.5 Å². The Hall–Kier alpha value is -2.01. The number of carbonyl (C=O) groups is 1. The van der Waals surface area contributed by atoms with Crippen LogP contribution in [0.15, 0.2) is 29.6 Å². The first-order valence-corrected chi connectivity index (χ1v) is 8.96. The summed E-state index contributed by atoms with van der Waals surface area (Å²) in [6.45, 7) is 3.24. The molecule has 0 spiro atoms. The molecule has 2 aromatic rings. The van der Waals surface area contributed by atoms with E-state index in [4.69, 9.17) is 9.47 Å². The molecule has 4 nitrogen and oxygen atoms in total. The third-order valence-corrected chi connectivity index (χ3v) is 5.43. The summed E-state index contributed by atoms with van der Waals surface area (Å²) in [6.07, 6.45) is 3.35. The van der Waals surface area contributed by atoms with E-state index >= 15 is 0 Å². The largest absolute Gasteiger partial charge is 0.454 e. The lowest BCUT2D eigenvalue weighted by Gasteiger charge is -2.18. The third-order valence-electron chi connectivity index (χ3n) is 4.45. The molecule has 3 heterocycles. The molecule has 120 valence electrons. The van der Waals surface area contributed by atoms with E-state index < -0.39 is 0 Å². The van der Waals surface area contributed by atoms with Gasteiger partial charge in [0, 0.05) is 11.4 Å². The Morgan fingerprint density at radius 1 is 1.22 bits per heavy atom. The topological polar surface area (TPSA) is 38.8 Å². The summed E-state index contributed by atoms with van der Waals surface area (Å²) in [5, 5.41) is 2.07. The molecule has 1 atom stereocenters. The number of benzene rings is 1. The van der Waals surface area contributed by atoms with Crippen molar-refractivity contribution in [1.82, 2.24) is 0 Å². The highest BCUT2D eigenvalue weighted by Gasteiger charge is 2.39. The van der Waals surface area contributed by atoms with E-state index in [0.717, 1.165) is 53.4 Å². The van der Waals surface area contributed by atoms with Crippen molar-refractivity contribution in [1.29, 1.82) is 0 Å². The Labute approximate surface area is 139 Å². The Morgan fingerprint density at radius 3 is 2.96 bits per heavy atom. The van der Waals surface area contributed by atoms with Crippen molar-refractivity contribution in [2.45, 2.75) is 32.1 Å². The lowest BCUT2D eigenvalue weighted by Crippen LogP contribution is -2.30. The Balaban J connectivity index is 1.66. The van der Waals surface area contributed by atoms with Gasteiger partial charge in [-0.25, -0.2) is 0 Å². The van der Waals surface area contributed by atoms with Gasteiger partial charge in [0.05, 0.1) is 5.69 Å². The van der Waals surface area contributed by atoms with E-state index in [1.54, 1.807) is 11.3 Å². The first kappa shape index (κ1) is 14.6. The van der Waals surface area contributed by atoms with Crippen LogP contribution in [0.4, 0.5) is 5.69 Å². The zero-order valence-electron chi connectivity index (χ0n) is 13.1. The van der Waals surface area contributed by atoms with Crippen LogP contribution in [0, 0.1) is 0 Å². The molecule has 0 saturated carbocycles. The number of carbonyl (C=O) groups excluding carboxylic acids is 1. The van der Waals surface area contributed by atoms with Gasteiger partial charge >= 0.3 is 0 Å². The molecule has 0 bridgehead atoms. The quantitative estimate of drug-likeness (QED) is 0.774. The maximum absolute atomic E-state index is 13.0. The van der Waals surface area contributed by atoms with Crippen LogP contribution < -0.4 is 14.4 Å². The molecule has 0 radical (unpaired) electrons. The van der Waals surface area contributed by atoms with E-state index in [9.17, 15) is 4.79 Å². The van der Waals surface area contributed by atoms with Crippen LogP contribution in [0.25, 0.3) is 0 Å². The normalized spacial score (nSPS) is 18.6. The van der Waals surface area contributed by atoms with Crippen molar-refractivity contribution in [3.63, 3.8) is 0 Å². The molecule has 0 saturated heterocycles. The fourth-order valence-electron chi connectivity index (χ4n) is 3.28. The van der Waals surface area contributed by atoms with Crippen LogP contribution in [-0.4, -0.2) is 19.2 Å². The fraction of sp³-hybridized carbons (Fsp3) is 0.389. The summed E-state index contributed by atoms with van der Waals surface area (Å²) in [5.41, 5.74) is 2.07. The number of nitrogens with zero attached hydrogens (tertiary/aromatic N) is 1. The highest BCUT2D eigenvalue weighted by Crippen LogP contribution is 2.46. The maximum atomic E-state index is 13.0. The highest BCUT2D eigenvalue weighted by atomic mass is 32.1. The average molecular weight is 329 g/mol. The summed E-state index contributed by atoms with van der Waals surface area (Å²) in [6, 6.07) is 7.90. The average Bonchev–Trinajstić information content (AvgIpc) is 3.24. The monoisotopic (exact) mass is 329 g/mol. The summed E-state index contributed by atoms with van der Waals surface area (Å²) >= 11 is 1.66. The molecule has 4 rings (SSSR count). The number of unbranched alkanes of at least 4 members (excludes halogenated alkanes) is 2. The molecule has 0 fully saturated rings. The number of thiophene rings is 1. The minimum Gasteiger partial charge on any atom is -0.454 e. The molecule has 0 N–H and O–H groups in total. The molecule has 1 aromatic carbocycles. The van der Waals surface area contributed by atoms with Gasteiger partial charge in [-0.2, -0.15) is 0 Å². The number of hydrogen-bond acceptors (Lipinski definition) is 4. The zero-order valence-corrected chi connectivity index (χ0v) is 13.9. The molecule has 1 aromatic heterocycles.